The van der Waals surface area contributed by atoms with E-state index in [9.17, 15) is 14.4 Å². The summed E-state index contributed by atoms with van der Waals surface area (Å²) in [6, 6.07) is 14.5. The molecule has 3 aromatic carbocycles. The van der Waals surface area contributed by atoms with Gasteiger partial charge >= 0.3 is 6.09 Å². The molecule has 2 fully saturated rings. The van der Waals surface area contributed by atoms with Crippen LogP contribution in [0.1, 0.15) is 78.3 Å². The predicted octanol–water partition coefficient (Wildman–Crippen LogP) is 8.32. The van der Waals surface area contributed by atoms with E-state index in [1.54, 1.807) is 31.4 Å². The zero-order chi connectivity index (χ0) is 42.6. The minimum Gasteiger partial charge on any atom is -0.493 e. The standard InChI is InChI=1S/C46H56N4O9Si/c1-9-17-58-44(53)50-35-24-40(38(55-6)22-33(35)42(52)49-28-46(15-16-46)25-36(49)43(50)59-60(7,8)45(2,3)4)57-19-12-18-56-39-23-34-32(21-37(39)54-5)41(51)48-27-30-14-11-10-13-29(30)20-31(48)26-47-34/h9-11,13-14,21-24,26,31,36,43H,1,12,15-20,25,27-28H2,2-8H3/t31-,36-,43-/m0/s1. The molecule has 318 valence electrons. The Kier molecular flexibility index (Phi) is 11.0. The third kappa shape index (κ3) is 7.64. The van der Waals surface area contributed by atoms with Crippen molar-refractivity contribution in [2.24, 2.45) is 10.4 Å². The first kappa shape index (κ1) is 41.4. The van der Waals surface area contributed by atoms with Gasteiger partial charge in [0, 0.05) is 37.9 Å². The second-order valence-corrected chi connectivity index (χ2v) is 22.8. The highest BCUT2D eigenvalue weighted by Gasteiger charge is 2.59. The van der Waals surface area contributed by atoms with Gasteiger partial charge in [-0.05, 0) is 72.5 Å². The molecule has 14 heteroatoms. The highest BCUT2D eigenvalue weighted by atomic mass is 28.4. The number of benzene rings is 3. The van der Waals surface area contributed by atoms with E-state index in [1.165, 1.54) is 23.6 Å². The summed E-state index contributed by atoms with van der Waals surface area (Å²) >= 11 is 0. The topological polar surface area (TPSA) is 129 Å². The normalized spacial score (nSPS) is 21.2. The molecule has 3 atom stereocenters. The Morgan fingerprint density at radius 2 is 1.57 bits per heavy atom. The van der Waals surface area contributed by atoms with E-state index in [-0.39, 0.29) is 54.2 Å². The first-order valence-corrected chi connectivity index (χ1v) is 23.8. The number of rotatable bonds is 12. The maximum Gasteiger partial charge on any atom is 0.416 e. The quantitative estimate of drug-likeness (QED) is 0.101. The minimum absolute atomic E-state index is 0.00528. The first-order valence-electron chi connectivity index (χ1n) is 20.8. The van der Waals surface area contributed by atoms with Crippen LogP contribution in [0.2, 0.25) is 18.1 Å². The van der Waals surface area contributed by atoms with Gasteiger partial charge in [0.1, 0.15) is 6.61 Å². The Morgan fingerprint density at radius 3 is 2.22 bits per heavy atom. The first-order chi connectivity index (χ1) is 28.7. The summed E-state index contributed by atoms with van der Waals surface area (Å²) in [5, 5.41) is -0.170. The molecule has 3 aromatic rings. The number of hydrogen-bond acceptors (Lipinski definition) is 10. The second kappa shape index (κ2) is 15.9. The number of nitrogens with zero attached hydrogens (tertiary/aromatic N) is 4. The zero-order valence-electron chi connectivity index (χ0n) is 35.7. The molecule has 4 aliphatic heterocycles. The average molecular weight is 837 g/mol. The average Bonchev–Trinajstić information content (AvgIpc) is 3.92. The predicted molar refractivity (Wildman–Crippen MR) is 231 cm³/mol. The van der Waals surface area contributed by atoms with E-state index in [0.29, 0.717) is 71.4 Å². The lowest BCUT2D eigenvalue weighted by Gasteiger charge is -2.44. The van der Waals surface area contributed by atoms with Gasteiger partial charge in [-0.1, -0.05) is 57.7 Å². The van der Waals surface area contributed by atoms with Gasteiger partial charge in [0.15, 0.2) is 37.5 Å². The van der Waals surface area contributed by atoms with Gasteiger partial charge in [0.25, 0.3) is 11.8 Å². The van der Waals surface area contributed by atoms with Crippen LogP contribution in [-0.2, 0) is 22.1 Å². The van der Waals surface area contributed by atoms with E-state index in [0.717, 1.165) is 24.8 Å². The van der Waals surface area contributed by atoms with Gasteiger partial charge < -0.3 is 37.9 Å². The number of hydrogen-bond donors (Lipinski definition) is 0. The summed E-state index contributed by atoms with van der Waals surface area (Å²) < 4.78 is 36.9. The Bertz CT molecular complexity index is 2230. The van der Waals surface area contributed by atoms with Crippen LogP contribution in [-0.4, -0.2) is 101 Å². The van der Waals surface area contributed by atoms with Crippen LogP contribution < -0.4 is 23.8 Å². The molecule has 1 saturated carbocycles. The van der Waals surface area contributed by atoms with Gasteiger partial charge in [-0.15, -0.1) is 0 Å². The summed E-state index contributed by atoms with van der Waals surface area (Å²) in [5.41, 5.74) is 4.04. The smallest absolute Gasteiger partial charge is 0.416 e. The number of ether oxygens (including phenoxy) is 5. The summed E-state index contributed by atoms with van der Waals surface area (Å²) in [6.45, 7) is 16.1. The number of anilines is 1. The lowest BCUT2D eigenvalue weighted by Crippen LogP contribution is -2.58. The number of amides is 3. The van der Waals surface area contributed by atoms with Crippen LogP contribution in [0.3, 0.4) is 0 Å². The highest BCUT2D eigenvalue weighted by molar-refractivity contribution is 6.74. The SMILES string of the molecule is C=CCOC(=O)N1c2cc(OCCCOc3cc4c(cc3OC)C(=O)N3Cc5ccccc5C[C@H]3C=N4)c(OC)cc2C(=O)N2CC3(CC3)C[C@H]2[C@@H]1O[Si](C)(C)C(C)(C)C. The summed E-state index contributed by atoms with van der Waals surface area (Å²) in [6.07, 6.45) is 5.93. The van der Waals surface area contributed by atoms with E-state index in [2.05, 4.69) is 52.6 Å². The Morgan fingerprint density at radius 1 is 0.917 bits per heavy atom. The van der Waals surface area contributed by atoms with E-state index in [1.807, 2.05) is 28.1 Å². The van der Waals surface area contributed by atoms with Crippen molar-refractivity contribution in [2.75, 3.05) is 45.5 Å². The molecule has 1 saturated heterocycles. The van der Waals surface area contributed by atoms with Crippen molar-refractivity contribution >= 4 is 43.8 Å². The molecule has 13 nitrogen and oxygen atoms in total. The minimum atomic E-state index is -2.51. The van der Waals surface area contributed by atoms with Gasteiger partial charge in [-0.3, -0.25) is 14.6 Å². The van der Waals surface area contributed by atoms with Gasteiger partial charge in [0.05, 0.1) is 62.0 Å². The largest absolute Gasteiger partial charge is 0.493 e. The van der Waals surface area contributed by atoms with Crippen LogP contribution in [0.4, 0.5) is 16.2 Å². The fourth-order valence-corrected chi connectivity index (χ4v) is 9.75. The van der Waals surface area contributed by atoms with E-state index in [4.69, 9.17) is 33.1 Å². The summed E-state index contributed by atoms with van der Waals surface area (Å²) in [4.78, 5) is 52.7. The molecule has 0 radical (unpaired) electrons. The van der Waals surface area contributed by atoms with Crippen LogP contribution in [0.5, 0.6) is 23.0 Å². The molecule has 0 bridgehead atoms. The molecule has 8 rings (SSSR count). The van der Waals surface area contributed by atoms with Crippen molar-refractivity contribution in [2.45, 2.75) is 95.9 Å². The molecular weight excluding hydrogens is 781 g/mol. The van der Waals surface area contributed by atoms with Crippen LogP contribution in [0, 0.1) is 5.41 Å². The van der Waals surface area contributed by atoms with Gasteiger partial charge in [-0.25, -0.2) is 9.69 Å². The van der Waals surface area contributed by atoms with Crippen molar-refractivity contribution in [1.29, 1.82) is 0 Å². The maximum absolute atomic E-state index is 14.6. The van der Waals surface area contributed by atoms with Crippen LogP contribution >= 0.6 is 0 Å². The Labute approximate surface area is 353 Å². The van der Waals surface area contributed by atoms with Gasteiger partial charge in [0.2, 0.25) is 0 Å². The van der Waals surface area contributed by atoms with Crippen molar-refractivity contribution < 1.29 is 42.5 Å². The number of fused-ring (bicyclic) bond motifs is 5. The lowest BCUT2D eigenvalue weighted by molar-refractivity contribution is 0.0528. The number of aliphatic imine (C=N–C) groups is 1. The fraction of sp³-hybridized carbons (Fsp3) is 0.478. The lowest BCUT2D eigenvalue weighted by atomic mass is 9.94. The zero-order valence-corrected chi connectivity index (χ0v) is 36.7. The highest BCUT2D eigenvalue weighted by Crippen LogP contribution is 2.58. The third-order valence-electron chi connectivity index (χ3n) is 13.1. The van der Waals surface area contributed by atoms with Crippen LogP contribution in [0.25, 0.3) is 0 Å². The molecule has 0 aromatic heterocycles. The second-order valence-electron chi connectivity index (χ2n) is 18.1. The molecule has 0 unspecified atom stereocenters. The maximum atomic E-state index is 14.6. The van der Waals surface area contributed by atoms with Crippen molar-refractivity contribution in [3.63, 3.8) is 0 Å². The molecule has 1 aliphatic carbocycles. The molecule has 0 N–H and O–H groups in total. The van der Waals surface area contributed by atoms with E-state index < -0.39 is 20.6 Å². The number of carbonyl (C=O) groups is 3. The third-order valence-corrected chi connectivity index (χ3v) is 17.6. The van der Waals surface area contributed by atoms with Gasteiger partial charge in [-0.2, -0.15) is 0 Å². The molecule has 5 aliphatic rings. The van der Waals surface area contributed by atoms with Crippen molar-refractivity contribution in [3.8, 4) is 23.0 Å². The Balaban J connectivity index is 1.03. The Hall–Kier alpha value is -5.34. The molecule has 60 heavy (non-hydrogen) atoms. The monoisotopic (exact) mass is 836 g/mol. The van der Waals surface area contributed by atoms with Crippen molar-refractivity contribution in [1.82, 2.24) is 9.80 Å². The molecule has 1 spiro atoms. The molecule has 3 amide bonds. The van der Waals surface area contributed by atoms with Crippen molar-refractivity contribution in [3.05, 3.63) is 83.4 Å². The van der Waals surface area contributed by atoms with E-state index >= 15 is 0 Å². The fourth-order valence-electron chi connectivity index (χ4n) is 8.53. The van der Waals surface area contributed by atoms with Crippen LogP contribution in [0.15, 0.2) is 66.2 Å². The number of carbonyl (C=O) groups excluding carboxylic acids is 3. The molecule has 4 heterocycles. The number of methoxy groups -OCH3 is 2. The molecular formula is C46H56N4O9Si. The summed E-state index contributed by atoms with van der Waals surface area (Å²) in [7, 11) is 0.566. The summed E-state index contributed by atoms with van der Waals surface area (Å²) in [5.74, 6) is 1.32.